The number of hydrogen-bond donors (Lipinski definition) is 1. The number of fused-ring (bicyclic) bond motifs is 1. The molecule has 5 nitrogen and oxygen atoms in total. The number of nitrogens with one attached hydrogen (secondary N) is 1. The quantitative estimate of drug-likeness (QED) is 0.932. The molecule has 1 unspecified atom stereocenters. The van der Waals surface area contributed by atoms with Crippen LogP contribution < -0.4 is 5.32 Å². The highest BCUT2D eigenvalue weighted by molar-refractivity contribution is 7.16. The summed E-state index contributed by atoms with van der Waals surface area (Å²) in [5.74, 6) is 1.67. The van der Waals surface area contributed by atoms with E-state index in [9.17, 15) is 0 Å². The molecule has 0 fully saturated rings. The zero-order chi connectivity index (χ0) is 13.2. The lowest BCUT2D eigenvalue weighted by Gasteiger charge is -2.11. The summed E-state index contributed by atoms with van der Waals surface area (Å²) in [6.07, 6.45) is 1.97. The average Bonchev–Trinajstić information content (AvgIpc) is 3.03. The van der Waals surface area contributed by atoms with E-state index >= 15 is 0 Å². The van der Waals surface area contributed by atoms with Crippen molar-refractivity contribution in [2.75, 3.05) is 11.9 Å². The molecule has 3 rings (SSSR count). The Morgan fingerprint density at radius 1 is 1.47 bits per heavy atom. The summed E-state index contributed by atoms with van der Waals surface area (Å²) in [6.45, 7) is 4.73. The molecule has 0 aliphatic carbocycles. The second kappa shape index (κ2) is 5.13. The maximum atomic E-state index is 5.39. The Balaban J connectivity index is 1.70. The van der Waals surface area contributed by atoms with E-state index < -0.39 is 0 Å². The van der Waals surface area contributed by atoms with E-state index in [0.29, 0.717) is 6.54 Å². The summed E-state index contributed by atoms with van der Waals surface area (Å²) < 4.78 is 0. The van der Waals surface area contributed by atoms with Crippen molar-refractivity contribution < 1.29 is 4.84 Å². The number of aromatic nitrogens is 2. The third kappa shape index (κ3) is 2.53. The molecule has 0 saturated carbocycles. The van der Waals surface area contributed by atoms with Gasteiger partial charge in [0.1, 0.15) is 22.6 Å². The molecule has 19 heavy (non-hydrogen) atoms. The smallest absolute Gasteiger partial charge is 0.150 e. The monoisotopic (exact) mass is 276 g/mol. The highest BCUT2D eigenvalue weighted by Gasteiger charge is 2.20. The first-order valence-electron chi connectivity index (χ1n) is 6.43. The molecule has 1 atom stereocenters. The van der Waals surface area contributed by atoms with Crippen LogP contribution in [0, 0.1) is 6.92 Å². The van der Waals surface area contributed by atoms with Gasteiger partial charge in [-0.1, -0.05) is 12.1 Å². The summed E-state index contributed by atoms with van der Waals surface area (Å²) in [7, 11) is 0. The number of thiophene rings is 1. The van der Waals surface area contributed by atoms with E-state index in [1.54, 1.807) is 11.3 Å². The van der Waals surface area contributed by atoms with Crippen LogP contribution in [0.3, 0.4) is 0 Å². The molecule has 0 spiro atoms. The van der Waals surface area contributed by atoms with Gasteiger partial charge in [0.2, 0.25) is 0 Å². The first-order valence-corrected chi connectivity index (χ1v) is 7.31. The minimum absolute atomic E-state index is 0.110. The summed E-state index contributed by atoms with van der Waals surface area (Å²) in [4.78, 5) is 15.3. The van der Waals surface area contributed by atoms with E-state index in [4.69, 9.17) is 4.84 Å². The summed E-state index contributed by atoms with van der Waals surface area (Å²) in [6, 6.07) is 2.05. The third-order valence-corrected chi connectivity index (χ3v) is 3.94. The van der Waals surface area contributed by atoms with Crippen molar-refractivity contribution in [1.29, 1.82) is 0 Å². The Bertz CT molecular complexity index is 622. The molecule has 0 saturated heterocycles. The molecular formula is C13H16N4OS. The van der Waals surface area contributed by atoms with Crippen LogP contribution in [0.1, 0.15) is 25.6 Å². The molecule has 1 aliphatic heterocycles. The van der Waals surface area contributed by atoms with Gasteiger partial charge in [0.25, 0.3) is 0 Å². The van der Waals surface area contributed by atoms with Gasteiger partial charge in [-0.15, -0.1) is 11.3 Å². The van der Waals surface area contributed by atoms with E-state index in [2.05, 4.69) is 27.4 Å². The predicted octanol–water partition coefficient (Wildman–Crippen LogP) is 2.97. The fraction of sp³-hybridized carbons (Fsp3) is 0.462. The van der Waals surface area contributed by atoms with Gasteiger partial charge in [0, 0.05) is 6.42 Å². The van der Waals surface area contributed by atoms with E-state index in [1.807, 2.05) is 18.4 Å². The van der Waals surface area contributed by atoms with Crippen LogP contribution in [0.25, 0.3) is 10.2 Å². The predicted molar refractivity (Wildman–Crippen MR) is 77.9 cm³/mol. The van der Waals surface area contributed by atoms with Crippen molar-refractivity contribution in [3.63, 3.8) is 0 Å². The number of nitrogens with zero attached hydrogens (tertiary/aromatic N) is 3. The van der Waals surface area contributed by atoms with Crippen molar-refractivity contribution >= 4 is 33.1 Å². The van der Waals surface area contributed by atoms with Crippen LogP contribution in [-0.2, 0) is 4.84 Å². The SMILES string of the molecule is CCC1=NOC(CNc2nc(C)nc3sccc23)C1. The van der Waals surface area contributed by atoms with Crippen molar-refractivity contribution in [3.05, 3.63) is 17.3 Å². The largest absolute Gasteiger partial charge is 0.390 e. The fourth-order valence-electron chi connectivity index (χ4n) is 2.11. The molecule has 6 heteroatoms. The maximum Gasteiger partial charge on any atom is 0.150 e. The van der Waals surface area contributed by atoms with E-state index in [-0.39, 0.29) is 6.10 Å². The van der Waals surface area contributed by atoms with Gasteiger partial charge in [-0.05, 0) is 24.8 Å². The molecule has 2 aromatic rings. The molecule has 0 bridgehead atoms. The standard InChI is InChI=1S/C13H16N4OS/c1-3-9-6-10(18-17-9)7-14-12-11-4-5-19-13(11)16-8(2)15-12/h4-5,10H,3,6-7H2,1-2H3,(H,14,15,16). The molecule has 100 valence electrons. The summed E-state index contributed by atoms with van der Waals surface area (Å²) in [5.41, 5.74) is 1.13. The number of rotatable bonds is 4. The fourth-order valence-corrected chi connectivity index (χ4v) is 2.92. The molecule has 0 amide bonds. The Kier molecular flexibility index (Phi) is 3.33. The molecule has 0 aromatic carbocycles. The lowest BCUT2D eigenvalue weighted by atomic mass is 10.1. The van der Waals surface area contributed by atoms with Crippen LogP contribution in [0.5, 0.6) is 0 Å². The number of hydrogen-bond acceptors (Lipinski definition) is 6. The Morgan fingerprint density at radius 2 is 2.37 bits per heavy atom. The first-order chi connectivity index (χ1) is 9.26. The van der Waals surface area contributed by atoms with Gasteiger partial charge in [-0.2, -0.15) is 0 Å². The minimum atomic E-state index is 0.110. The lowest BCUT2D eigenvalue weighted by molar-refractivity contribution is 0.0948. The minimum Gasteiger partial charge on any atom is -0.390 e. The Morgan fingerprint density at radius 3 is 3.16 bits per heavy atom. The maximum absolute atomic E-state index is 5.39. The molecular weight excluding hydrogens is 260 g/mol. The number of anilines is 1. The van der Waals surface area contributed by atoms with Crippen molar-refractivity contribution in [1.82, 2.24) is 9.97 Å². The van der Waals surface area contributed by atoms with Crippen molar-refractivity contribution in [2.24, 2.45) is 5.16 Å². The normalized spacial score (nSPS) is 18.4. The topological polar surface area (TPSA) is 59.4 Å². The molecule has 3 heterocycles. The van der Waals surface area contributed by atoms with Gasteiger partial charge in [-0.3, -0.25) is 0 Å². The summed E-state index contributed by atoms with van der Waals surface area (Å²) in [5, 5.41) is 10.5. The zero-order valence-electron chi connectivity index (χ0n) is 11.0. The van der Waals surface area contributed by atoms with Crippen LogP contribution in [0.4, 0.5) is 5.82 Å². The molecule has 1 aliphatic rings. The average molecular weight is 276 g/mol. The van der Waals surface area contributed by atoms with Gasteiger partial charge in [-0.25, -0.2) is 9.97 Å². The third-order valence-electron chi connectivity index (χ3n) is 3.14. The Hall–Kier alpha value is -1.69. The van der Waals surface area contributed by atoms with E-state index in [1.165, 1.54) is 0 Å². The van der Waals surface area contributed by atoms with Crippen LogP contribution in [-0.4, -0.2) is 28.3 Å². The second-order valence-corrected chi connectivity index (χ2v) is 5.48. The van der Waals surface area contributed by atoms with Crippen molar-refractivity contribution in [2.45, 2.75) is 32.8 Å². The summed E-state index contributed by atoms with van der Waals surface area (Å²) >= 11 is 1.63. The second-order valence-electron chi connectivity index (χ2n) is 4.58. The number of oxime groups is 1. The Labute approximate surface area is 115 Å². The van der Waals surface area contributed by atoms with Crippen molar-refractivity contribution in [3.8, 4) is 0 Å². The highest BCUT2D eigenvalue weighted by atomic mass is 32.1. The van der Waals surface area contributed by atoms with E-state index in [0.717, 1.165) is 40.4 Å². The zero-order valence-corrected chi connectivity index (χ0v) is 11.8. The molecule has 2 aromatic heterocycles. The molecule has 1 N–H and O–H groups in total. The number of aryl methyl sites for hydroxylation is 1. The van der Waals surface area contributed by atoms with Gasteiger partial charge < -0.3 is 10.2 Å². The first kappa shape index (κ1) is 12.3. The highest BCUT2D eigenvalue weighted by Crippen LogP contribution is 2.25. The van der Waals surface area contributed by atoms with Crippen LogP contribution >= 0.6 is 11.3 Å². The van der Waals surface area contributed by atoms with Crippen LogP contribution in [0.15, 0.2) is 16.6 Å². The molecule has 0 radical (unpaired) electrons. The van der Waals surface area contributed by atoms with Gasteiger partial charge >= 0.3 is 0 Å². The van der Waals surface area contributed by atoms with Gasteiger partial charge in [0.15, 0.2) is 0 Å². The lowest BCUT2D eigenvalue weighted by Crippen LogP contribution is -2.20. The van der Waals surface area contributed by atoms with Gasteiger partial charge in [0.05, 0.1) is 17.6 Å². The van der Waals surface area contributed by atoms with Crippen LogP contribution in [0.2, 0.25) is 0 Å².